The number of carboxylic acids is 1. The average molecular weight is 578 g/mol. The summed E-state index contributed by atoms with van der Waals surface area (Å²) in [6, 6.07) is 2.02. The predicted octanol–water partition coefficient (Wildman–Crippen LogP) is 3.22. The van der Waals surface area contributed by atoms with Crippen LogP contribution in [0.15, 0.2) is 46.0 Å². The molecule has 3 aliphatic rings. The number of likely N-dealkylation sites (tertiary alicyclic amines) is 2. The standard InChI is InChI=1S/C27H30F3N5O4S/c1-4-39-26(38)21-19(11-35-13-27(29,30)17-10-34(12-20(17)35)15(3)25(36)37)32-23(24-31-8-9-40-24)33-22(21)16-6-5-7-18(28)14(16)2/h5-9,15,17,20,22H,4,10-13H2,1-3H3,(H,32,33)(H,36,37)/t15?,17-,20+,22-/m0/s1. The van der Waals surface area contributed by atoms with Gasteiger partial charge in [-0.15, -0.1) is 11.3 Å². The van der Waals surface area contributed by atoms with Gasteiger partial charge in [0.1, 0.15) is 17.9 Å². The molecule has 2 aromatic rings. The lowest BCUT2D eigenvalue weighted by molar-refractivity contribution is -0.143. The number of fused-ring (bicyclic) bond motifs is 1. The van der Waals surface area contributed by atoms with E-state index in [0.717, 1.165) is 0 Å². The largest absolute Gasteiger partial charge is 0.480 e. The SMILES string of the molecule is CCOC(=O)C1=C(CN2CC(F)(F)[C@H]3CN(C(C)C(=O)O)C[C@H]32)NC(c2nccs2)=N[C@H]1c1cccc(F)c1C. The lowest BCUT2D eigenvalue weighted by Gasteiger charge is -2.32. The van der Waals surface area contributed by atoms with Crippen LogP contribution in [0, 0.1) is 18.7 Å². The molecule has 214 valence electrons. The van der Waals surface area contributed by atoms with Crippen LogP contribution in [0.4, 0.5) is 13.2 Å². The fourth-order valence-electron chi connectivity index (χ4n) is 5.72. The highest BCUT2D eigenvalue weighted by Gasteiger charge is 2.59. The summed E-state index contributed by atoms with van der Waals surface area (Å²) in [7, 11) is 0. The number of esters is 1. The molecule has 2 N–H and O–H groups in total. The Bertz CT molecular complexity index is 1370. The number of nitrogens with one attached hydrogen (secondary N) is 1. The molecule has 1 unspecified atom stereocenters. The number of thiazole rings is 1. The van der Waals surface area contributed by atoms with Gasteiger partial charge in [-0.05, 0) is 38.0 Å². The predicted molar refractivity (Wildman–Crippen MR) is 142 cm³/mol. The van der Waals surface area contributed by atoms with Crippen molar-refractivity contribution in [1.29, 1.82) is 0 Å². The summed E-state index contributed by atoms with van der Waals surface area (Å²) in [5.41, 5.74) is 1.17. The van der Waals surface area contributed by atoms with E-state index < -0.39 is 54.3 Å². The third kappa shape index (κ3) is 5.13. The van der Waals surface area contributed by atoms with Crippen LogP contribution < -0.4 is 5.32 Å². The maximum absolute atomic E-state index is 15.2. The molecule has 0 bridgehead atoms. The molecule has 1 aromatic heterocycles. The smallest absolute Gasteiger partial charge is 0.338 e. The zero-order valence-electron chi connectivity index (χ0n) is 22.2. The van der Waals surface area contributed by atoms with Crippen LogP contribution in [-0.4, -0.2) is 88.5 Å². The first-order chi connectivity index (χ1) is 19.0. The molecule has 0 saturated carbocycles. The van der Waals surface area contributed by atoms with Crippen molar-refractivity contribution in [1.82, 2.24) is 20.1 Å². The highest BCUT2D eigenvalue weighted by atomic mass is 32.1. The number of rotatable bonds is 8. The van der Waals surface area contributed by atoms with Gasteiger partial charge in [-0.25, -0.2) is 22.9 Å². The van der Waals surface area contributed by atoms with Gasteiger partial charge in [0.2, 0.25) is 0 Å². The number of aromatic nitrogens is 1. The molecule has 40 heavy (non-hydrogen) atoms. The van der Waals surface area contributed by atoms with E-state index in [1.54, 1.807) is 41.3 Å². The number of ether oxygens (including phenoxy) is 1. The monoisotopic (exact) mass is 577 g/mol. The molecule has 0 amide bonds. The Morgan fingerprint density at radius 1 is 1.32 bits per heavy atom. The van der Waals surface area contributed by atoms with Crippen LogP contribution in [-0.2, 0) is 14.3 Å². The minimum atomic E-state index is -3.05. The van der Waals surface area contributed by atoms with Crippen molar-refractivity contribution in [3.8, 4) is 0 Å². The third-order valence-corrected chi connectivity index (χ3v) is 8.65. The fourth-order valence-corrected chi connectivity index (χ4v) is 6.31. The van der Waals surface area contributed by atoms with Crippen LogP contribution in [0.25, 0.3) is 0 Å². The number of hydrogen-bond donors (Lipinski definition) is 2. The van der Waals surface area contributed by atoms with Crippen LogP contribution in [0.2, 0.25) is 0 Å². The van der Waals surface area contributed by atoms with Gasteiger partial charge in [-0.3, -0.25) is 19.6 Å². The van der Waals surface area contributed by atoms with Gasteiger partial charge < -0.3 is 15.2 Å². The number of carboxylic acid groups (broad SMARTS) is 1. The van der Waals surface area contributed by atoms with Gasteiger partial charge in [0.25, 0.3) is 5.92 Å². The van der Waals surface area contributed by atoms with Gasteiger partial charge >= 0.3 is 11.9 Å². The Morgan fingerprint density at radius 3 is 2.77 bits per heavy atom. The van der Waals surface area contributed by atoms with Crippen LogP contribution in [0.1, 0.15) is 36.0 Å². The maximum Gasteiger partial charge on any atom is 0.338 e. The Balaban J connectivity index is 1.57. The molecule has 9 nitrogen and oxygen atoms in total. The van der Waals surface area contributed by atoms with Crippen molar-refractivity contribution < 1.29 is 32.6 Å². The van der Waals surface area contributed by atoms with Crippen molar-refractivity contribution in [2.45, 2.75) is 44.8 Å². The quantitative estimate of drug-likeness (QED) is 0.461. The van der Waals surface area contributed by atoms with Crippen molar-refractivity contribution >= 4 is 29.1 Å². The first-order valence-corrected chi connectivity index (χ1v) is 13.9. The zero-order chi connectivity index (χ0) is 28.8. The minimum absolute atomic E-state index is 0.0459. The van der Waals surface area contributed by atoms with Gasteiger partial charge in [-0.2, -0.15) is 0 Å². The molecule has 0 spiro atoms. The normalized spacial score (nSPS) is 25.4. The number of carbonyl (C=O) groups excluding carboxylic acids is 1. The summed E-state index contributed by atoms with van der Waals surface area (Å²) in [5.74, 6) is -6.00. The lowest BCUT2D eigenvalue weighted by Crippen LogP contribution is -2.45. The number of halogens is 3. The number of aliphatic carboxylic acids is 1. The molecular formula is C27H30F3N5O4S. The first-order valence-electron chi connectivity index (χ1n) is 13.0. The van der Waals surface area contributed by atoms with Crippen molar-refractivity contribution in [3.63, 3.8) is 0 Å². The van der Waals surface area contributed by atoms with E-state index in [-0.39, 0.29) is 31.8 Å². The summed E-state index contributed by atoms with van der Waals surface area (Å²) in [5, 5.41) is 14.9. The fraction of sp³-hybridized carbons (Fsp3) is 0.481. The number of alkyl halides is 2. The van der Waals surface area contributed by atoms with E-state index in [0.29, 0.717) is 27.7 Å². The number of benzene rings is 1. The van der Waals surface area contributed by atoms with Gasteiger partial charge in [0, 0.05) is 43.0 Å². The van der Waals surface area contributed by atoms with Gasteiger partial charge in [-0.1, -0.05) is 12.1 Å². The zero-order valence-corrected chi connectivity index (χ0v) is 23.1. The molecule has 2 fully saturated rings. The van der Waals surface area contributed by atoms with Gasteiger partial charge in [0.05, 0.1) is 24.6 Å². The highest BCUT2D eigenvalue weighted by molar-refractivity contribution is 7.11. The van der Waals surface area contributed by atoms with E-state index in [2.05, 4.69) is 10.3 Å². The van der Waals surface area contributed by atoms with Gasteiger partial charge in [0.15, 0.2) is 10.8 Å². The van der Waals surface area contributed by atoms with Crippen LogP contribution in [0.5, 0.6) is 0 Å². The maximum atomic E-state index is 15.2. The Labute approximate surface area is 233 Å². The molecular weight excluding hydrogens is 547 g/mol. The second-order valence-corrected chi connectivity index (χ2v) is 11.1. The molecule has 0 aliphatic carbocycles. The topological polar surface area (TPSA) is 107 Å². The van der Waals surface area contributed by atoms with Crippen molar-refractivity contribution in [3.05, 3.63) is 63.0 Å². The number of hydrogen-bond acceptors (Lipinski definition) is 9. The van der Waals surface area contributed by atoms with E-state index in [4.69, 9.17) is 9.73 Å². The molecule has 4 heterocycles. The van der Waals surface area contributed by atoms with E-state index in [9.17, 15) is 19.1 Å². The molecule has 0 radical (unpaired) electrons. The van der Waals surface area contributed by atoms with Crippen LogP contribution in [0.3, 0.4) is 0 Å². The molecule has 1 aromatic carbocycles. The molecule has 2 saturated heterocycles. The Kier molecular flexibility index (Phi) is 7.73. The minimum Gasteiger partial charge on any atom is -0.480 e. The summed E-state index contributed by atoms with van der Waals surface area (Å²) >= 11 is 1.31. The van der Waals surface area contributed by atoms with E-state index in [1.165, 1.54) is 30.4 Å². The number of amidine groups is 1. The Morgan fingerprint density at radius 2 is 2.10 bits per heavy atom. The molecule has 5 rings (SSSR count). The number of nitrogens with zero attached hydrogens (tertiary/aromatic N) is 4. The molecule has 13 heteroatoms. The van der Waals surface area contributed by atoms with E-state index in [1.807, 2.05) is 0 Å². The number of carbonyl (C=O) groups is 2. The molecule has 4 atom stereocenters. The summed E-state index contributed by atoms with van der Waals surface area (Å²) in [6.07, 6.45) is 1.60. The lowest BCUT2D eigenvalue weighted by atomic mass is 9.92. The first kappa shape index (κ1) is 28.2. The summed E-state index contributed by atoms with van der Waals surface area (Å²) in [4.78, 5) is 37.1. The van der Waals surface area contributed by atoms with Crippen molar-refractivity contribution in [2.24, 2.45) is 10.9 Å². The number of aliphatic imine (C=N–C) groups is 1. The van der Waals surface area contributed by atoms with Crippen LogP contribution >= 0.6 is 11.3 Å². The molecule has 3 aliphatic heterocycles. The average Bonchev–Trinajstić information content (AvgIpc) is 3.64. The van der Waals surface area contributed by atoms with Crippen molar-refractivity contribution in [2.75, 3.05) is 32.8 Å². The Hall–Kier alpha value is -3.29. The second-order valence-electron chi connectivity index (χ2n) is 10.2. The highest BCUT2D eigenvalue weighted by Crippen LogP contribution is 2.44. The summed E-state index contributed by atoms with van der Waals surface area (Å²) < 4.78 is 50.5. The van der Waals surface area contributed by atoms with E-state index >= 15 is 8.78 Å². The third-order valence-electron chi connectivity index (χ3n) is 7.87. The second kappa shape index (κ2) is 10.9. The summed E-state index contributed by atoms with van der Waals surface area (Å²) in [6.45, 7) is 4.29.